The van der Waals surface area contributed by atoms with E-state index in [2.05, 4.69) is 5.32 Å². The molecule has 0 aromatic heterocycles. The second-order valence-corrected chi connectivity index (χ2v) is 8.59. The highest BCUT2D eigenvalue weighted by atomic mass is 32.2. The van der Waals surface area contributed by atoms with Crippen LogP contribution in [0.25, 0.3) is 0 Å². The molecule has 8 heteroatoms. The highest BCUT2D eigenvalue weighted by Gasteiger charge is 2.24. The number of amides is 1. The smallest absolute Gasteiger partial charge is 0.306 e. The minimum atomic E-state index is -3.18. The van der Waals surface area contributed by atoms with Crippen molar-refractivity contribution in [3.05, 3.63) is 71.1 Å². The number of sulfone groups is 1. The molecule has 0 radical (unpaired) electrons. The number of esters is 1. The molecule has 1 amide bonds. The maximum absolute atomic E-state index is 12.3. The third-order valence-corrected chi connectivity index (χ3v) is 5.86. The quantitative estimate of drug-likeness (QED) is 0.698. The molecule has 1 N–H and O–H groups in total. The minimum absolute atomic E-state index is 0.0259. The van der Waals surface area contributed by atoms with Crippen LogP contribution in [0.15, 0.2) is 60.0 Å². The minimum Gasteiger partial charge on any atom is -0.497 e. The molecule has 7 nitrogen and oxygen atoms in total. The molecule has 0 spiro atoms. The van der Waals surface area contributed by atoms with Crippen LogP contribution in [-0.4, -0.2) is 33.2 Å². The average molecular weight is 415 g/mol. The van der Waals surface area contributed by atoms with Gasteiger partial charge in [0.05, 0.1) is 19.3 Å². The van der Waals surface area contributed by atoms with Gasteiger partial charge in [0, 0.05) is 22.6 Å². The molecule has 1 atom stereocenters. The van der Waals surface area contributed by atoms with E-state index >= 15 is 0 Å². The average Bonchev–Trinajstić information content (AvgIpc) is 3.05. The molecule has 0 fully saturated rings. The summed E-state index contributed by atoms with van der Waals surface area (Å²) < 4.78 is 33.0. The van der Waals surface area contributed by atoms with E-state index in [1.807, 2.05) is 0 Å². The lowest BCUT2D eigenvalue weighted by Gasteiger charge is -2.09. The van der Waals surface area contributed by atoms with Crippen molar-refractivity contribution in [2.45, 2.75) is 13.0 Å². The Morgan fingerprint density at radius 1 is 1.07 bits per heavy atom. The molecule has 0 saturated carbocycles. The highest BCUT2D eigenvalue weighted by molar-refractivity contribution is 7.94. The van der Waals surface area contributed by atoms with Gasteiger partial charge in [0.25, 0.3) is 5.91 Å². The molecular formula is C21H21NO6S. The maximum atomic E-state index is 12.3. The first-order valence-corrected chi connectivity index (χ1v) is 10.7. The number of benzene rings is 2. The Morgan fingerprint density at radius 3 is 2.34 bits per heavy atom. The number of ether oxygens (including phenoxy) is 2. The third-order valence-electron chi connectivity index (χ3n) is 4.40. The Labute approximate surface area is 169 Å². The predicted molar refractivity (Wildman–Crippen MR) is 108 cm³/mol. The summed E-state index contributed by atoms with van der Waals surface area (Å²) in [5, 5.41) is 3.93. The fourth-order valence-corrected chi connectivity index (χ4v) is 4.23. The molecule has 0 unspecified atom stereocenters. The van der Waals surface area contributed by atoms with Crippen LogP contribution >= 0.6 is 0 Å². The van der Waals surface area contributed by atoms with Crippen LogP contribution in [0.3, 0.4) is 0 Å². The Kier molecular flexibility index (Phi) is 6.33. The summed E-state index contributed by atoms with van der Waals surface area (Å²) in [6.07, 6.45) is 1.55. The zero-order valence-corrected chi connectivity index (χ0v) is 16.6. The van der Waals surface area contributed by atoms with Crippen LogP contribution in [0.5, 0.6) is 5.75 Å². The summed E-state index contributed by atoms with van der Waals surface area (Å²) in [4.78, 5) is 24.2. The van der Waals surface area contributed by atoms with Crippen LogP contribution < -0.4 is 10.1 Å². The largest absolute Gasteiger partial charge is 0.497 e. The van der Waals surface area contributed by atoms with E-state index in [0.29, 0.717) is 17.0 Å². The predicted octanol–water partition coefficient (Wildman–Crippen LogP) is 2.94. The molecule has 152 valence electrons. The van der Waals surface area contributed by atoms with Crippen molar-refractivity contribution in [3.63, 3.8) is 0 Å². The topological polar surface area (TPSA) is 98.8 Å². The summed E-state index contributed by atoms with van der Waals surface area (Å²) in [7, 11) is -1.61. The molecule has 1 aliphatic heterocycles. The first-order chi connectivity index (χ1) is 13.8. The summed E-state index contributed by atoms with van der Waals surface area (Å²) in [6, 6.07) is 13.7. The SMILES string of the molecule is COc1ccc(NC(=O)c2ccc(COC(=O)C[C@H]3C=CS(=O)(=O)C3)cc2)cc1. The molecule has 1 heterocycles. The number of nitrogens with one attached hydrogen (secondary N) is 1. The van der Waals surface area contributed by atoms with Crippen molar-refractivity contribution in [3.8, 4) is 5.75 Å². The number of methoxy groups -OCH3 is 1. The van der Waals surface area contributed by atoms with E-state index in [1.54, 1.807) is 55.6 Å². The molecule has 0 saturated heterocycles. The number of anilines is 1. The standard InChI is InChI=1S/C21H21NO6S/c1-27-19-8-6-18(7-9-19)22-21(24)17-4-2-15(3-5-17)13-28-20(23)12-16-10-11-29(25,26)14-16/h2-11,16H,12-14H2,1H3,(H,22,24)/t16-/m1/s1. The summed E-state index contributed by atoms with van der Waals surface area (Å²) in [5.41, 5.74) is 1.85. The number of carbonyl (C=O) groups excluding carboxylic acids is 2. The van der Waals surface area contributed by atoms with Gasteiger partial charge in [0.15, 0.2) is 9.84 Å². The number of carbonyl (C=O) groups is 2. The Hall–Kier alpha value is -3.13. The molecule has 1 aliphatic rings. The molecule has 3 rings (SSSR count). The van der Waals surface area contributed by atoms with E-state index in [1.165, 1.54) is 6.08 Å². The fraction of sp³-hybridized carbons (Fsp3) is 0.238. The van der Waals surface area contributed by atoms with Crippen LogP contribution in [-0.2, 0) is 26.0 Å². The van der Waals surface area contributed by atoms with E-state index in [4.69, 9.17) is 9.47 Å². The molecular weight excluding hydrogens is 394 g/mol. The zero-order chi connectivity index (χ0) is 20.9. The Bertz CT molecular complexity index is 1010. The molecule has 0 bridgehead atoms. The maximum Gasteiger partial charge on any atom is 0.306 e. The monoisotopic (exact) mass is 415 g/mol. The number of allylic oxidation sites excluding steroid dienone is 1. The van der Waals surface area contributed by atoms with Gasteiger partial charge in [0.2, 0.25) is 0 Å². The number of rotatable bonds is 7. The van der Waals surface area contributed by atoms with Crippen LogP contribution in [0, 0.1) is 5.92 Å². The van der Waals surface area contributed by atoms with E-state index in [0.717, 1.165) is 11.0 Å². The van der Waals surface area contributed by atoms with Crippen molar-refractivity contribution in [2.24, 2.45) is 5.92 Å². The van der Waals surface area contributed by atoms with Crippen molar-refractivity contribution in [1.82, 2.24) is 0 Å². The fourth-order valence-electron chi connectivity index (χ4n) is 2.83. The number of hydrogen-bond acceptors (Lipinski definition) is 6. The van der Waals surface area contributed by atoms with Crippen molar-refractivity contribution in [2.75, 3.05) is 18.2 Å². The summed E-state index contributed by atoms with van der Waals surface area (Å²) in [5.74, 6) is -0.407. The lowest BCUT2D eigenvalue weighted by atomic mass is 10.1. The van der Waals surface area contributed by atoms with Gasteiger partial charge >= 0.3 is 5.97 Å². The lowest BCUT2D eigenvalue weighted by molar-refractivity contribution is -0.145. The van der Waals surface area contributed by atoms with Gasteiger partial charge in [-0.25, -0.2) is 8.42 Å². The zero-order valence-electron chi connectivity index (χ0n) is 15.8. The highest BCUT2D eigenvalue weighted by Crippen LogP contribution is 2.19. The molecule has 2 aromatic rings. The normalized spacial score (nSPS) is 16.9. The van der Waals surface area contributed by atoms with Gasteiger partial charge in [-0.3, -0.25) is 9.59 Å². The van der Waals surface area contributed by atoms with Crippen molar-refractivity contribution >= 4 is 27.4 Å². The van der Waals surface area contributed by atoms with Crippen molar-refractivity contribution in [1.29, 1.82) is 0 Å². The van der Waals surface area contributed by atoms with E-state index in [-0.39, 0.29) is 30.6 Å². The molecule has 0 aliphatic carbocycles. The van der Waals surface area contributed by atoms with Crippen LogP contribution in [0.2, 0.25) is 0 Å². The van der Waals surface area contributed by atoms with Crippen molar-refractivity contribution < 1.29 is 27.5 Å². The first-order valence-electron chi connectivity index (χ1n) is 8.95. The third kappa shape index (κ3) is 5.92. The Morgan fingerprint density at radius 2 is 1.76 bits per heavy atom. The summed E-state index contributed by atoms with van der Waals surface area (Å²) in [6.45, 7) is 0.0579. The van der Waals surface area contributed by atoms with Gasteiger partial charge in [-0.15, -0.1) is 0 Å². The molecule has 29 heavy (non-hydrogen) atoms. The second-order valence-electron chi connectivity index (χ2n) is 6.66. The van der Waals surface area contributed by atoms with E-state index < -0.39 is 15.8 Å². The first kappa shape index (κ1) is 20.6. The number of hydrogen-bond donors (Lipinski definition) is 1. The van der Waals surface area contributed by atoms with Crippen LogP contribution in [0.1, 0.15) is 22.3 Å². The second kappa shape index (κ2) is 8.91. The van der Waals surface area contributed by atoms with Gasteiger partial charge in [0.1, 0.15) is 12.4 Å². The van der Waals surface area contributed by atoms with Gasteiger partial charge in [-0.1, -0.05) is 18.2 Å². The van der Waals surface area contributed by atoms with Gasteiger partial charge in [-0.05, 0) is 42.0 Å². The lowest BCUT2D eigenvalue weighted by Crippen LogP contribution is -2.14. The van der Waals surface area contributed by atoms with Crippen LogP contribution in [0.4, 0.5) is 5.69 Å². The van der Waals surface area contributed by atoms with Gasteiger partial charge < -0.3 is 14.8 Å². The molecule has 2 aromatic carbocycles. The van der Waals surface area contributed by atoms with Gasteiger partial charge in [-0.2, -0.15) is 0 Å². The Balaban J connectivity index is 1.48. The van der Waals surface area contributed by atoms with E-state index in [9.17, 15) is 18.0 Å². The summed E-state index contributed by atoms with van der Waals surface area (Å²) >= 11 is 0.